The van der Waals surface area contributed by atoms with Crippen LogP contribution in [0.3, 0.4) is 0 Å². The molecule has 3 amide bonds. The molecule has 1 fully saturated rings. The number of thioether (sulfide) groups is 1. The Kier molecular flexibility index (Phi) is 7.41. The van der Waals surface area contributed by atoms with Crippen molar-refractivity contribution >= 4 is 57.9 Å². The second-order valence-corrected chi connectivity index (χ2v) is 8.47. The van der Waals surface area contributed by atoms with Gasteiger partial charge in [-0.2, -0.15) is 0 Å². The van der Waals surface area contributed by atoms with Crippen LogP contribution in [0.2, 0.25) is 5.02 Å². The Morgan fingerprint density at radius 2 is 1.81 bits per heavy atom. The molecule has 0 aliphatic carbocycles. The minimum absolute atomic E-state index is 0.298. The molecule has 31 heavy (non-hydrogen) atoms. The number of anilines is 2. The van der Waals surface area contributed by atoms with E-state index in [0.717, 1.165) is 46.6 Å². The Morgan fingerprint density at radius 3 is 2.45 bits per heavy atom. The number of halogens is 1. The molecule has 8 heteroatoms. The molecular weight excluding hydrogens is 434 g/mol. The number of carbonyl (C=O) groups is 3. The predicted molar refractivity (Wildman–Crippen MR) is 127 cm³/mol. The molecule has 6 nitrogen and oxygen atoms in total. The highest BCUT2D eigenvalue weighted by atomic mass is 35.5. The van der Waals surface area contributed by atoms with Gasteiger partial charge in [-0.1, -0.05) is 29.8 Å². The van der Waals surface area contributed by atoms with Gasteiger partial charge in [0.15, 0.2) is 0 Å². The Labute approximate surface area is 191 Å². The van der Waals surface area contributed by atoms with Gasteiger partial charge in [0.25, 0.3) is 11.1 Å². The van der Waals surface area contributed by atoms with E-state index in [0.29, 0.717) is 15.6 Å². The standard InChI is InChI=1S/C23H24ClN3O3S/c1-4-26(5-2)18-10-7-16(8-11-18)12-20-22(29)27(23(30)31-20)14-21(28)25-19-13-17(24)9-6-15(19)3/h6-13H,4-5,14H2,1-3H3,(H,25,28)/b20-12+. The largest absolute Gasteiger partial charge is 0.372 e. The van der Waals surface area contributed by atoms with Crippen molar-refractivity contribution in [1.82, 2.24) is 4.90 Å². The first-order chi connectivity index (χ1) is 14.8. The average Bonchev–Trinajstić information content (AvgIpc) is 3.00. The third-order valence-corrected chi connectivity index (χ3v) is 6.11. The van der Waals surface area contributed by atoms with Gasteiger partial charge in [-0.25, -0.2) is 0 Å². The monoisotopic (exact) mass is 457 g/mol. The number of aryl methyl sites for hydroxylation is 1. The molecule has 0 spiro atoms. The maximum Gasteiger partial charge on any atom is 0.294 e. The lowest BCUT2D eigenvalue weighted by Crippen LogP contribution is -2.36. The van der Waals surface area contributed by atoms with Gasteiger partial charge in [-0.05, 0) is 74.0 Å². The number of amides is 3. The van der Waals surface area contributed by atoms with E-state index >= 15 is 0 Å². The lowest BCUT2D eigenvalue weighted by molar-refractivity contribution is -0.127. The van der Waals surface area contributed by atoms with Crippen LogP contribution in [0.5, 0.6) is 0 Å². The fraction of sp³-hybridized carbons (Fsp3) is 0.261. The quantitative estimate of drug-likeness (QED) is 0.581. The van der Waals surface area contributed by atoms with Crippen LogP contribution in [0.1, 0.15) is 25.0 Å². The number of nitrogens with one attached hydrogen (secondary N) is 1. The first-order valence-electron chi connectivity index (χ1n) is 9.98. The van der Waals surface area contributed by atoms with Crippen LogP contribution >= 0.6 is 23.4 Å². The van der Waals surface area contributed by atoms with E-state index in [1.54, 1.807) is 24.3 Å². The van der Waals surface area contributed by atoms with Crippen molar-refractivity contribution in [2.24, 2.45) is 0 Å². The van der Waals surface area contributed by atoms with Crippen LogP contribution in [0.4, 0.5) is 16.2 Å². The molecule has 0 bridgehead atoms. The summed E-state index contributed by atoms with van der Waals surface area (Å²) < 4.78 is 0. The maximum atomic E-state index is 12.7. The molecule has 2 aromatic rings. The molecule has 1 aliphatic rings. The SMILES string of the molecule is CCN(CC)c1ccc(/C=C2/SC(=O)N(CC(=O)Nc3cc(Cl)ccc3C)C2=O)cc1. The molecule has 2 aromatic carbocycles. The van der Waals surface area contributed by atoms with Crippen molar-refractivity contribution in [2.45, 2.75) is 20.8 Å². The van der Waals surface area contributed by atoms with E-state index < -0.39 is 17.1 Å². The third kappa shape index (κ3) is 5.48. The molecule has 0 aromatic heterocycles. The number of nitrogens with zero attached hydrogens (tertiary/aromatic N) is 2. The maximum absolute atomic E-state index is 12.7. The smallest absolute Gasteiger partial charge is 0.294 e. The Bertz CT molecular complexity index is 1030. The van der Waals surface area contributed by atoms with Gasteiger partial charge in [-0.15, -0.1) is 0 Å². The molecule has 0 radical (unpaired) electrons. The minimum atomic E-state index is -0.471. The van der Waals surface area contributed by atoms with Gasteiger partial charge in [0.1, 0.15) is 6.54 Å². The highest BCUT2D eigenvalue weighted by molar-refractivity contribution is 8.18. The van der Waals surface area contributed by atoms with Crippen molar-refractivity contribution in [2.75, 3.05) is 29.9 Å². The number of carbonyl (C=O) groups excluding carboxylic acids is 3. The van der Waals surface area contributed by atoms with Gasteiger partial charge in [-0.3, -0.25) is 19.3 Å². The van der Waals surface area contributed by atoms with Crippen LogP contribution in [0.25, 0.3) is 6.08 Å². The third-order valence-electron chi connectivity index (χ3n) is 4.97. The summed E-state index contributed by atoms with van der Waals surface area (Å²) in [6, 6.07) is 12.9. The van der Waals surface area contributed by atoms with E-state index in [4.69, 9.17) is 11.6 Å². The van der Waals surface area contributed by atoms with E-state index in [1.807, 2.05) is 31.2 Å². The molecule has 0 atom stereocenters. The predicted octanol–water partition coefficient (Wildman–Crippen LogP) is 5.17. The summed E-state index contributed by atoms with van der Waals surface area (Å²) in [7, 11) is 0. The summed E-state index contributed by atoms with van der Waals surface area (Å²) in [6.07, 6.45) is 1.68. The highest BCUT2D eigenvalue weighted by Crippen LogP contribution is 2.32. The van der Waals surface area contributed by atoms with Gasteiger partial charge in [0.2, 0.25) is 5.91 Å². The van der Waals surface area contributed by atoms with Crippen LogP contribution in [0.15, 0.2) is 47.4 Å². The fourth-order valence-corrected chi connectivity index (χ4v) is 4.23. The van der Waals surface area contributed by atoms with Crippen molar-refractivity contribution < 1.29 is 14.4 Å². The lowest BCUT2D eigenvalue weighted by atomic mass is 10.1. The summed E-state index contributed by atoms with van der Waals surface area (Å²) in [6.45, 7) is 7.49. The molecule has 162 valence electrons. The molecule has 1 heterocycles. The number of imide groups is 1. The molecular formula is C23H24ClN3O3S. The summed E-state index contributed by atoms with van der Waals surface area (Å²) >= 11 is 6.81. The molecule has 0 unspecified atom stereocenters. The van der Waals surface area contributed by atoms with Crippen LogP contribution in [0, 0.1) is 6.92 Å². The van der Waals surface area contributed by atoms with E-state index in [2.05, 4.69) is 24.1 Å². The number of hydrogen-bond acceptors (Lipinski definition) is 5. The van der Waals surface area contributed by atoms with E-state index in [-0.39, 0.29) is 6.54 Å². The van der Waals surface area contributed by atoms with Crippen LogP contribution < -0.4 is 10.2 Å². The first kappa shape index (κ1) is 22.9. The fourth-order valence-electron chi connectivity index (χ4n) is 3.22. The van der Waals surface area contributed by atoms with E-state index in [9.17, 15) is 14.4 Å². The van der Waals surface area contributed by atoms with Gasteiger partial charge in [0, 0.05) is 29.5 Å². The molecule has 1 saturated heterocycles. The highest BCUT2D eigenvalue weighted by Gasteiger charge is 2.36. The molecule has 1 aliphatic heterocycles. The Morgan fingerprint density at radius 1 is 1.13 bits per heavy atom. The van der Waals surface area contributed by atoms with E-state index in [1.165, 1.54) is 0 Å². The zero-order chi connectivity index (χ0) is 22.5. The topological polar surface area (TPSA) is 69.7 Å². The second-order valence-electron chi connectivity index (χ2n) is 7.04. The minimum Gasteiger partial charge on any atom is -0.372 e. The zero-order valence-corrected chi connectivity index (χ0v) is 19.2. The van der Waals surface area contributed by atoms with Gasteiger partial charge < -0.3 is 10.2 Å². The first-order valence-corrected chi connectivity index (χ1v) is 11.2. The number of rotatable bonds is 7. The normalized spacial score (nSPS) is 15.0. The second kappa shape index (κ2) is 10.0. The summed E-state index contributed by atoms with van der Waals surface area (Å²) in [4.78, 5) is 40.9. The average molecular weight is 458 g/mol. The zero-order valence-electron chi connectivity index (χ0n) is 17.6. The van der Waals surface area contributed by atoms with Crippen molar-refractivity contribution in [3.05, 3.63) is 63.5 Å². The van der Waals surface area contributed by atoms with Crippen LogP contribution in [-0.2, 0) is 9.59 Å². The van der Waals surface area contributed by atoms with Gasteiger partial charge in [0.05, 0.1) is 4.91 Å². The molecule has 3 rings (SSSR count). The van der Waals surface area contributed by atoms with Crippen LogP contribution in [-0.4, -0.2) is 41.6 Å². The summed E-state index contributed by atoms with van der Waals surface area (Å²) in [5.74, 6) is -0.932. The summed E-state index contributed by atoms with van der Waals surface area (Å²) in [5, 5.41) is 2.73. The number of benzene rings is 2. The van der Waals surface area contributed by atoms with Crippen molar-refractivity contribution in [3.8, 4) is 0 Å². The Balaban J connectivity index is 1.69. The number of hydrogen-bond donors (Lipinski definition) is 1. The summed E-state index contributed by atoms with van der Waals surface area (Å²) in [5.41, 5.74) is 3.30. The van der Waals surface area contributed by atoms with Crippen molar-refractivity contribution in [1.29, 1.82) is 0 Å². The van der Waals surface area contributed by atoms with Crippen molar-refractivity contribution in [3.63, 3.8) is 0 Å². The van der Waals surface area contributed by atoms with Gasteiger partial charge >= 0.3 is 0 Å². The molecule has 0 saturated carbocycles. The molecule has 1 N–H and O–H groups in total. The Hall–Kier alpha value is -2.77. The lowest BCUT2D eigenvalue weighted by Gasteiger charge is -2.20.